The Morgan fingerprint density at radius 1 is 0.667 bits per heavy atom. The second-order valence-electron chi connectivity index (χ2n) is 6.84. The van der Waals surface area contributed by atoms with Gasteiger partial charge in [0.15, 0.2) is 0 Å². The molecule has 162 valence electrons. The topological polar surface area (TPSA) is 72.5 Å². The predicted octanol–water partition coefficient (Wildman–Crippen LogP) is 3.68. The number of carbonyl (C=O) groups excluding carboxylic acids is 1. The van der Waals surface area contributed by atoms with Crippen LogP contribution in [0.1, 0.15) is 51.9 Å². The lowest BCUT2D eigenvalue weighted by atomic mass is 9.92. The highest BCUT2D eigenvalue weighted by molar-refractivity contribution is 6.60. The van der Waals surface area contributed by atoms with Crippen LogP contribution in [0.5, 0.6) is 0 Å². The van der Waals surface area contributed by atoms with Crippen LogP contribution in [0.25, 0.3) is 0 Å². The maximum Gasteiger partial charge on any atom is 0.500 e. The Morgan fingerprint density at radius 2 is 1.00 bits per heavy atom. The summed E-state index contributed by atoms with van der Waals surface area (Å²) in [6, 6.07) is 1.60. The lowest BCUT2D eigenvalue weighted by Gasteiger charge is -2.26. The third-order valence-electron chi connectivity index (χ3n) is 5.20. The van der Waals surface area contributed by atoms with Gasteiger partial charge in [-0.3, -0.25) is 0 Å². The van der Waals surface area contributed by atoms with Crippen molar-refractivity contribution in [2.45, 2.75) is 64.0 Å². The molecule has 0 fully saturated rings. The van der Waals surface area contributed by atoms with Gasteiger partial charge in [-0.2, -0.15) is 0 Å². The van der Waals surface area contributed by atoms with Crippen LogP contribution >= 0.6 is 0 Å². The summed E-state index contributed by atoms with van der Waals surface area (Å²) in [6.45, 7) is 1.65. The number of rotatable bonds is 18. The summed E-state index contributed by atoms with van der Waals surface area (Å²) in [5.74, 6) is 0.793. The molecule has 0 unspecified atom stereocenters. The molecule has 0 saturated carbocycles. The van der Waals surface area contributed by atoms with Gasteiger partial charge in [0.25, 0.3) is 0 Å². The van der Waals surface area contributed by atoms with E-state index in [2.05, 4.69) is 0 Å². The fourth-order valence-electron chi connectivity index (χ4n) is 3.40. The lowest BCUT2D eigenvalue weighted by molar-refractivity contribution is -0.117. The molecule has 0 saturated heterocycles. The van der Waals surface area contributed by atoms with E-state index in [0.717, 1.165) is 50.6 Å². The first-order chi connectivity index (χ1) is 12.9. The van der Waals surface area contributed by atoms with Gasteiger partial charge in [-0.25, -0.2) is 0 Å². The largest absolute Gasteiger partial charge is 0.500 e. The monoisotopic (exact) mass is 424 g/mol. The van der Waals surface area contributed by atoms with Crippen LogP contribution in [0.2, 0.25) is 12.1 Å². The molecule has 0 aliphatic rings. The van der Waals surface area contributed by atoms with Crippen LogP contribution in [0.4, 0.5) is 0 Å². The normalized spacial score (nSPS) is 12.7. The van der Waals surface area contributed by atoms with E-state index in [9.17, 15) is 4.79 Å². The molecule has 0 bridgehead atoms. The van der Waals surface area contributed by atoms with E-state index in [1.165, 1.54) is 0 Å². The fourth-order valence-corrected chi connectivity index (χ4v) is 6.90. The fraction of sp³-hybridized carbons (Fsp3) is 0.944. The molecule has 0 aromatic heterocycles. The molecule has 27 heavy (non-hydrogen) atoms. The van der Waals surface area contributed by atoms with Crippen LogP contribution in [0.3, 0.4) is 0 Å². The Labute approximate surface area is 167 Å². The Kier molecular flexibility index (Phi) is 14.7. The van der Waals surface area contributed by atoms with E-state index < -0.39 is 17.6 Å². The summed E-state index contributed by atoms with van der Waals surface area (Å²) in [7, 11) is 4.84. The van der Waals surface area contributed by atoms with Gasteiger partial charge >= 0.3 is 17.6 Å². The van der Waals surface area contributed by atoms with Gasteiger partial charge < -0.3 is 31.4 Å². The molecule has 9 heteroatoms. The van der Waals surface area contributed by atoms with E-state index in [1.807, 2.05) is 0 Å². The van der Waals surface area contributed by atoms with Crippen molar-refractivity contribution in [3.05, 3.63) is 0 Å². The van der Waals surface area contributed by atoms with Gasteiger partial charge in [0.05, 0.1) is 0 Å². The molecular formula is C18H40O7Si2. The third-order valence-corrected chi connectivity index (χ3v) is 10.9. The Morgan fingerprint density at radius 3 is 1.30 bits per heavy atom. The van der Waals surface area contributed by atoms with Crippen molar-refractivity contribution in [1.29, 1.82) is 0 Å². The Bertz CT molecular complexity index is 345. The minimum Gasteiger partial charge on any atom is -0.377 e. The SMILES string of the molecule is CO[Si](CCCC(CCCC(C)=O)CCC[Si](OC)(OC)OC)(OC)OC. The summed E-state index contributed by atoms with van der Waals surface area (Å²) in [6.07, 6.45) is 6.71. The molecule has 0 aliphatic heterocycles. The second-order valence-corrected chi connectivity index (χ2v) is 13.0. The molecule has 0 rings (SSSR count). The van der Waals surface area contributed by atoms with Crippen molar-refractivity contribution < 1.29 is 31.4 Å². The van der Waals surface area contributed by atoms with Crippen LogP contribution in [-0.4, -0.2) is 66.1 Å². The number of Topliss-reactive ketones (excluding diaryl/α,β-unsaturated/α-hetero) is 1. The Balaban J connectivity index is 4.61. The molecule has 0 aromatic rings. The Hall–Kier alpha value is -0.136. The zero-order valence-electron chi connectivity index (χ0n) is 18.3. The number of hydrogen-bond acceptors (Lipinski definition) is 7. The molecule has 0 aromatic carbocycles. The van der Waals surface area contributed by atoms with Gasteiger partial charge in [-0.1, -0.05) is 19.3 Å². The molecule has 0 heterocycles. The summed E-state index contributed by atoms with van der Waals surface area (Å²) >= 11 is 0. The first-order valence-corrected chi connectivity index (χ1v) is 13.5. The van der Waals surface area contributed by atoms with Crippen LogP contribution < -0.4 is 0 Å². The second kappa shape index (κ2) is 14.8. The van der Waals surface area contributed by atoms with Gasteiger partial charge in [0, 0.05) is 61.2 Å². The molecule has 0 N–H and O–H groups in total. The summed E-state index contributed by atoms with van der Waals surface area (Å²) in [5, 5.41) is 0. The molecule has 0 atom stereocenters. The van der Waals surface area contributed by atoms with Crippen molar-refractivity contribution in [1.82, 2.24) is 0 Å². The maximum absolute atomic E-state index is 11.3. The van der Waals surface area contributed by atoms with Gasteiger partial charge in [-0.15, -0.1) is 0 Å². The molecule has 0 spiro atoms. The van der Waals surface area contributed by atoms with Gasteiger partial charge in [0.1, 0.15) is 5.78 Å². The van der Waals surface area contributed by atoms with Crippen molar-refractivity contribution >= 4 is 23.4 Å². The highest BCUT2D eigenvalue weighted by atomic mass is 28.4. The molecule has 7 nitrogen and oxygen atoms in total. The lowest BCUT2D eigenvalue weighted by Crippen LogP contribution is -2.42. The van der Waals surface area contributed by atoms with Crippen molar-refractivity contribution in [3.8, 4) is 0 Å². The van der Waals surface area contributed by atoms with Crippen molar-refractivity contribution in [2.75, 3.05) is 42.7 Å². The van der Waals surface area contributed by atoms with E-state index >= 15 is 0 Å². The average molecular weight is 425 g/mol. The van der Waals surface area contributed by atoms with Crippen LogP contribution in [0, 0.1) is 5.92 Å². The summed E-state index contributed by atoms with van der Waals surface area (Å²) in [4.78, 5) is 11.3. The first kappa shape index (κ1) is 26.9. The highest BCUT2D eigenvalue weighted by Gasteiger charge is 2.38. The van der Waals surface area contributed by atoms with Gasteiger partial charge in [0.2, 0.25) is 0 Å². The van der Waals surface area contributed by atoms with E-state index in [1.54, 1.807) is 49.6 Å². The molecule has 0 radical (unpaired) electrons. The van der Waals surface area contributed by atoms with E-state index in [-0.39, 0.29) is 5.78 Å². The average Bonchev–Trinajstić information content (AvgIpc) is 2.68. The quantitative estimate of drug-likeness (QED) is 0.311. The highest BCUT2D eigenvalue weighted by Crippen LogP contribution is 2.27. The van der Waals surface area contributed by atoms with Crippen molar-refractivity contribution in [3.63, 3.8) is 0 Å². The zero-order chi connectivity index (χ0) is 20.8. The number of hydrogen-bond donors (Lipinski definition) is 0. The summed E-state index contributed by atoms with van der Waals surface area (Å²) < 4.78 is 33.0. The van der Waals surface area contributed by atoms with Crippen molar-refractivity contribution in [2.24, 2.45) is 5.92 Å². The predicted molar refractivity (Wildman–Crippen MR) is 110 cm³/mol. The summed E-state index contributed by atoms with van der Waals surface area (Å²) in [5.41, 5.74) is 0. The molecule has 0 amide bonds. The smallest absolute Gasteiger partial charge is 0.377 e. The maximum atomic E-state index is 11.3. The van der Waals surface area contributed by atoms with Crippen LogP contribution in [-0.2, 0) is 31.4 Å². The zero-order valence-corrected chi connectivity index (χ0v) is 20.3. The van der Waals surface area contributed by atoms with E-state index in [4.69, 9.17) is 26.6 Å². The first-order valence-electron chi connectivity index (χ1n) is 9.66. The third kappa shape index (κ3) is 10.3. The molecular weight excluding hydrogens is 384 g/mol. The number of carbonyl (C=O) groups is 1. The van der Waals surface area contributed by atoms with E-state index in [0.29, 0.717) is 12.3 Å². The number of ketones is 1. The molecule has 0 aliphatic carbocycles. The minimum atomic E-state index is -2.52. The minimum absolute atomic E-state index is 0.253. The standard InChI is InChI=1S/C18H40O7Si2/c1-17(19)11-8-12-18(13-9-15-26(20-2,21-3)22-4)14-10-16-27(23-5,24-6)25-7/h18H,8-16H2,1-7H3. The van der Waals surface area contributed by atoms with Gasteiger partial charge in [-0.05, 0) is 32.1 Å². The van der Waals surface area contributed by atoms with Crippen LogP contribution in [0.15, 0.2) is 0 Å².